The molecule has 0 radical (unpaired) electrons. The van der Waals surface area contributed by atoms with Gasteiger partial charge in [0.15, 0.2) is 5.76 Å². The Hall–Kier alpha value is -2.43. The average Bonchev–Trinajstić information content (AvgIpc) is 3.00. The first-order valence-corrected chi connectivity index (χ1v) is 4.97. The number of aromatic nitrogens is 2. The summed E-state index contributed by atoms with van der Waals surface area (Å²) in [6.45, 7) is 0. The van der Waals surface area contributed by atoms with Gasteiger partial charge in [0.1, 0.15) is 5.82 Å². The van der Waals surface area contributed by atoms with E-state index in [1.807, 2.05) is 0 Å². The van der Waals surface area contributed by atoms with Gasteiger partial charge in [0.2, 0.25) is 5.82 Å². The highest BCUT2D eigenvalue weighted by Crippen LogP contribution is 2.23. The highest BCUT2D eigenvalue weighted by molar-refractivity contribution is 5.57. The van der Waals surface area contributed by atoms with E-state index in [1.165, 1.54) is 12.3 Å². The first kappa shape index (κ1) is 9.77. The fraction of sp³-hybridized carbons (Fsp3) is 0. The number of hydrogen-bond acceptors (Lipinski definition) is 4. The zero-order valence-corrected chi connectivity index (χ0v) is 8.63. The Morgan fingerprint density at radius 1 is 1.06 bits per heavy atom. The van der Waals surface area contributed by atoms with Crippen molar-refractivity contribution >= 4 is 0 Å². The Bertz CT molecular complexity index is 632. The molecule has 1 aromatic carbocycles. The van der Waals surface area contributed by atoms with Crippen molar-refractivity contribution in [1.29, 1.82) is 0 Å². The van der Waals surface area contributed by atoms with Crippen LogP contribution in [-0.2, 0) is 0 Å². The Balaban J connectivity index is 2.04. The van der Waals surface area contributed by atoms with Gasteiger partial charge in [0.25, 0.3) is 5.89 Å². The van der Waals surface area contributed by atoms with E-state index in [2.05, 4.69) is 10.1 Å². The molecule has 0 aliphatic carbocycles. The van der Waals surface area contributed by atoms with Crippen LogP contribution in [0.15, 0.2) is 51.6 Å². The molecule has 0 bridgehead atoms. The zero-order chi connectivity index (χ0) is 11.7. The summed E-state index contributed by atoms with van der Waals surface area (Å²) < 4.78 is 23.6. The summed E-state index contributed by atoms with van der Waals surface area (Å²) in [7, 11) is 0. The molecule has 2 aromatic heterocycles. The number of halogens is 1. The van der Waals surface area contributed by atoms with Crippen LogP contribution in [0.2, 0.25) is 0 Å². The molecule has 0 saturated heterocycles. The van der Waals surface area contributed by atoms with Crippen molar-refractivity contribution in [2.45, 2.75) is 0 Å². The van der Waals surface area contributed by atoms with Gasteiger partial charge in [-0.1, -0.05) is 17.3 Å². The number of hydrogen-bond donors (Lipinski definition) is 0. The van der Waals surface area contributed by atoms with Crippen molar-refractivity contribution in [2.24, 2.45) is 0 Å². The molecule has 5 heteroatoms. The van der Waals surface area contributed by atoms with E-state index in [4.69, 9.17) is 8.94 Å². The van der Waals surface area contributed by atoms with Crippen LogP contribution in [0.25, 0.3) is 23.0 Å². The molecule has 0 fully saturated rings. The van der Waals surface area contributed by atoms with Gasteiger partial charge in [-0.15, -0.1) is 0 Å². The van der Waals surface area contributed by atoms with E-state index in [9.17, 15) is 4.39 Å². The van der Waals surface area contributed by atoms with Crippen molar-refractivity contribution in [1.82, 2.24) is 10.1 Å². The molecule has 0 amide bonds. The highest BCUT2D eigenvalue weighted by Gasteiger charge is 2.14. The van der Waals surface area contributed by atoms with E-state index in [0.29, 0.717) is 11.3 Å². The van der Waals surface area contributed by atoms with Crippen LogP contribution in [0.5, 0.6) is 0 Å². The fourth-order valence-electron chi connectivity index (χ4n) is 1.48. The lowest BCUT2D eigenvalue weighted by Crippen LogP contribution is -1.85. The molecule has 0 saturated carbocycles. The predicted octanol–water partition coefficient (Wildman–Crippen LogP) is 3.14. The Morgan fingerprint density at radius 3 is 2.71 bits per heavy atom. The molecular formula is C12H7FN2O2. The smallest absolute Gasteiger partial charge is 0.293 e. The number of rotatable bonds is 2. The van der Waals surface area contributed by atoms with Gasteiger partial charge in [-0.25, -0.2) is 4.39 Å². The predicted molar refractivity (Wildman–Crippen MR) is 57.4 cm³/mol. The Kier molecular flexibility index (Phi) is 2.22. The Labute approximate surface area is 95.7 Å². The fourth-order valence-corrected chi connectivity index (χ4v) is 1.48. The molecule has 84 valence electrons. The van der Waals surface area contributed by atoms with Crippen LogP contribution >= 0.6 is 0 Å². The minimum atomic E-state index is -0.390. The maximum Gasteiger partial charge on any atom is 0.293 e. The third-order valence-electron chi connectivity index (χ3n) is 2.27. The summed E-state index contributed by atoms with van der Waals surface area (Å²) in [6, 6.07) is 9.65. The third kappa shape index (κ3) is 1.71. The topological polar surface area (TPSA) is 52.1 Å². The summed E-state index contributed by atoms with van der Waals surface area (Å²) in [5.41, 5.74) is 0.300. The van der Waals surface area contributed by atoms with E-state index < -0.39 is 0 Å². The molecule has 0 atom stereocenters. The second-order valence-corrected chi connectivity index (χ2v) is 3.38. The van der Waals surface area contributed by atoms with Gasteiger partial charge in [-0.05, 0) is 24.3 Å². The summed E-state index contributed by atoms with van der Waals surface area (Å²) >= 11 is 0. The number of nitrogens with zero attached hydrogens (tertiary/aromatic N) is 2. The number of furan rings is 1. The van der Waals surface area contributed by atoms with Gasteiger partial charge in [0.05, 0.1) is 11.8 Å². The maximum absolute atomic E-state index is 13.5. The minimum Gasteiger partial charge on any atom is -0.459 e. The van der Waals surface area contributed by atoms with Crippen molar-refractivity contribution < 1.29 is 13.3 Å². The second kappa shape index (κ2) is 3.86. The molecule has 2 heterocycles. The third-order valence-corrected chi connectivity index (χ3v) is 2.27. The molecule has 3 aromatic rings. The van der Waals surface area contributed by atoms with Crippen molar-refractivity contribution in [3.05, 3.63) is 48.5 Å². The molecular weight excluding hydrogens is 223 g/mol. The quantitative estimate of drug-likeness (QED) is 0.678. The molecule has 17 heavy (non-hydrogen) atoms. The summed E-state index contributed by atoms with van der Waals surface area (Å²) in [4.78, 5) is 4.07. The second-order valence-electron chi connectivity index (χ2n) is 3.38. The van der Waals surface area contributed by atoms with Gasteiger partial charge in [0, 0.05) is 0 Å². The molecule has 3 rings (SSSR count). The number of benzene rings is 1. The monoisotopic (exact) mass is 230 g/mol. The van der Waals surface area contributed by atoms with E-state index in [0.717, 1.165) is 0 Å². The average molecular weight is 230 g/mol. The summed E-state index contributed by atoms with van der Waals surface area (Å²) in [5, 5.41) is 3.72. The Morgan fingerprint density at radius 2 is 1.94 bits per heavy atom. The van der Waals surface area contributed by atoms with Crippen molar-refractivity contribution in [2.75, 3.05) is 0 Å². The lowest BCUT2D eigenvalue weighted by molar-refractivity contribution is 0.416. The zero-order valence-electron chi connectivity index (χ0n) is 8.63. The van der Waals surface area contributed by atoms with E-state index in [-0.39, 0.29) is 17.5 Å². The lowest BCUT2D eigenvalue weighted by Gasteiger charge is -1.94. The summed E-state index contributed by atoms with van der Waals surface area (Å²) in [5.74, 6) is 0.502. The van der Waals surface area contributed by atoms with Crippen molar-refractivity contribution in [3.63, 3.8) is 0 Å². The summed E-state index contributed by atoms with van der Waals surface area (Å²) in [6.07, 6.45) is 1.50. The molecule has 0 unspecified atom stereocenters. The van der Waals surface area contributed by atoms with Crippen LogP contribution in [-0.4, -0.2) is 10.1 Å². The molecule has 0 N–H and O–H groups in total. The van der Waals surface area contributed by atoms with Crippen molar-refractivity contribution in [3.8, 4) is 23.0 Å². The maximum atomic E-state index is 13.5. The van der Waals surface area contributed by atoms with Crippen LogP contribution in [0, 0.1) is 5.82 Å². The molecule has 0 aliphatic rings. The lowest BCUT2D eigenvalue weighted by atomic mass is 10.2. The minimum absolute atomic E-state index is 0.203. The molecule has 0 spiro atoms. The standard InChI is InChI=1S/C12H7FN2O2/c13-9-5-2-1-4-8(9)11-14-12(17-15-11)10-6-3-7-16-10/h1-7H. The first-order valence-electron chi connectivity index (χ1n) is 4.97. The van der Waals surface area contributed by atoms with Crippen LogP contribution in [0.4, 0.5) is 4.39 Å². The van der Waals surface area contributed by atoms with E-state index in [1.54, 1.807) is 30.3 Å². The van der Waals surface area contributed by atoms with Gasteiger partial charge in [-0.3, -0.25) is 0 Å². The van der Waals surface area contributed by atoms with Crippen LogP contribution in [0.3, 0.4) is 0 Å². The van der Waals surface area contributed by atoms with Gasteiger partial charge >= 0.3 is 0 Å². The van der Waals surface area contributed by atoms with E-state index >= 15 is 0 Å². The highest BCUT2D eigenvalue weighted by atomic mass is 19.1. The molecule has 0 aliphatic heterocycles. The normalized spacial score (nSPS) is 10.6. The van der Waals surface area contributed by atoms with Crippen LogP contribution < -0.4 is 0 Å². The van der Waals surface area contributed by atoms with Gasteiger partial charge < -0.3 is 8.94 Å². The van der Waals surface area contributed by atoms with Crippen LogP contribution in [0.1, 0.15) is 0 Å². The first-order chi connectivity index (χ1) is 8.34. The largest absolute Gasteiger partial charge is 0.459 e. The van der Waals surface area contributed by atoms with Gasteiger partial charge in [-0.2, -0.15) is 4.98 Å². The molecule has 4 nitrogen and oxygen atoms in total. The SMILES string of the molecule is Fc1ccccc1-c1noc(-c2ccco2)n1.